The first-order valence-corrected chi connectivity index (χ1v) is 8.50. The Kier molecular flexibility index (Phi) is 5.74. The number of hydrogen-bond donors (Lipinski definition) is 2. The van der Waals surface area contributed by atoms with E-state index in [1.807, 2.05) is 38.1 Å². The van der Waals surface area contributed by atoms with Crippen LogP contribution in [0.15, 0.2) is 29.6 Å². The lowest BCUT2D eigenvalue weighted by atomic mass is 9.97. The van der Waals surface area contributed by atoms with Crippen molar-refractivity contribution < 1.29 is 14.6 Å². The minimum Gasteiger partial charge on any atom is -0.496 e. The molecule has 0 unspecified atom stereocenters. The topological polar surface area (TPSA) is 71.5 Å². The van der Waals surface area contributed by atoms with Gasteiger partial charge in [-0.3, -0.25) is 4.79 Å². The van der Waals surface area contributed by atoms with Crippen molar-refractivity contribution in [3.05, 3.63) is 35.3 Å². The third kappa shape index (κ3) is 4.09. The Balaban J connectivity index is 2.11. The lowest BCUT2D eigenvalue weighted by Gasteiger charge is -2.25. The number of methoxy groups -OCH3 is 1. The molecular weight excluding hydrogens is 312 g/mol. The van der Waals surface area contributed by atoms with Crippen molar-refractivity contribution in [1.29, 1.82) is 0 Å². The first-order valence-electron chi connectivity index (χ1n) is 7.62. The van der Waals surface area contributed by atoms with Gasteiger partial charge in [0.1, 0.15) is 16.5 Å². The quantitative estimate of drug-likeness (QED) is 0.816. The second kappa shape index (κ2) is 7.57. The molecule has 0 fully saturated rings. The first-order chi connectivity index (χ1) is 11.0. The summed E-state index contributed by atoms with van der Waals surface area (Å²) in [5.41, 5.74) is 0.347. The number of carbonyl (C=O) groups excluding carboxylic acids is 1. The summed E-state index contributed by atoms with van der Waals surface area (Å²) in [6.07, 6.45) is 1.18. The van der Waals surface area contributed by atoms with Crippen LogP contribution in [0, 0.1) is 0 Å². The fourth-order valence-corrected chi connectivity index (χ4v) is 2.99. The van der Waals surface area contributed by atoms with Crippen molar-refractivity contribution in [1.82, 2.24) is 10.3 Å². The Bertz CT molecular complexity index is 665. The van der Waals surface area contributed by atoms with E-state index in [1.54, 1.807) is 12.5 Å². The molecule has 0 saturated heterocycles. The third-order valence-corrected chi connectivity index (χ3v) is 4.84. The maximum Gasteiger partial charge on any atom is 0.270 e. The predicted molar refractivity (Wildman–Crippen MR) is 92.0 cm³/mol. The molecule has 2 aromatic rings. The van der Waals surface area contributed by atoms with Gasteiger partial charge in [0.2, 0.25) is 0 Å². The van der Waals surface area contributed by atoms with E-state index in [2.05, 4.69) is 10.3 Å². The fraction of sp³-hybridized carbons (Fsp3) is 0.412. The van der Waals surface area contributed by atoms with Crippen LogP contribution in [0.25, 0.3) is 10.6 Å². The molecule has 0 aliphatic heterocycles. The maximum absolute atomic E-state index is 12.2. The number of aliphatic hydroxyl groups is 1. The number of aromatic nitrogens is 1. The first kappa shape index (κ1) is 17.4. The van der Waals surface area contributed by atoms with Crippen LogP contribution in [0.5, 0.6) is 5.75 Å². The molecule has 0 atom stereocenters. The Morgan fingerprint density at radius 1 is 1.35 bits per heavy atom. The second-order valence-corrected chi connectivity index (χ2v) is 6.21. The SMILES string of the molecule is CCC(O)(CC)CNC(=O)c1csc(-c2ccccc2OC)n1. The van der Waals surface area contributed by atoms with Crippen molar-refractivity contribution >= 4 is 17.2 Å². The molecule has 5 nitrogen and oxygen atoms in total. The van der Waals surface area contributed by atoms with Gasteiger partial charge in [0.05, 0.1) is 18.3 Å². The number of nitrogens with one attached hydrogen (secondary N) is 1. The number of benzene rings is 1. The number of nitrogens with zero attached hydrogens (tertiary/aromatic N) is 1. The van der Waals surface area contributed by atoms with Crippen LogP contribution in [0.3, 0.4) is 0 Å². The highest BCUT2D eigenvalue weighted by molar-refractivity contribution is 7.13. The lowest BCUT2D eigenvalue weighted by Crippen LogP contribution is -2.42. The molecule has 1 heterocycles. The van der Waals surface area contributed by atoms with Crippen molar-refractivity contribution in [3.8, 4) is 16.3 Å². The highest BCUT2D eigenvalue weighted by Gasteiger charge is 2.23. The van der Waals surface area contributed by atoms with E-state index < -0.39 is 5.60 Å². The lowest BCUT2D eigenvalue weighted by molar-refractivity contribution is 0.0313. The van der Waals surface area contributed by atoms with Gasteiger partial charge in [-0.15, -0.1) is 11.3 Å². The number of carbonyl (C=O) groups is 1. The zero-order valence-corrected chi connectivity index (χ0v) is 14.4. The van der Waals surface area contributed by atoms with Gasteiger partial charge in [-0.2, -0.15) is 0 Å². The third-order valence-electron chi connectivity index (χ3n) is 3.97. The van der Waals surface area contributed by atoms with E-state index in [4.69, 9.17) is 4.74 Å². The summed E-state index contributed by atoms with van der Waals surface area (Å²) >= 11 is 1.39. The van der Waals surface area contributed by atoms with Crippen LogP contribution in [-0.4, -0.2) is 35.3 Å². The molecule has 0 bridgehead atoms. The Morgan fingerprint density at radius 3 is 2.70 bits per heavy atom. The van der Waals surface area contributed by atoms with Gasteiger partial charge in [-0.1, -0.05) is 26.0 Å². The van der Waals surface area contributed by atoms with E-state index in [-0.39, 0.29) is 12.5 Å². The summed E-state index contributed by atoms with van der Waals surface area (Å²) in [6.45, 7) is 4.02. The highest BCUT2D eigenvalue weighted by Crippen LogP contribution is 2.31. The summed E-state index contributed by atoms with van der Waals surface area (Å²) < 4.78 is 5.32. The highest BCUT2D eigenvalue weighted by atomic mass is 32.1. The summed E-state index contributed by atoms with van der Waals surface area (Å²) in [5, 5.41) is 15.4. The zero-order chi connectivity index (χ0) is 16.9. The molecule has 23 heavy (non-hydrogen) atoms. The van der Waals surface area contributed by atoms with Crippen molar-refractivity contribution in [2.45, 2.75) is 32.3 Å². The Labute approximate surface area is 140 Å². The zero-order valence-electron chi connectivity index (χ0n) is 13.6. The monoisotopic (exact) mass is 334 g/mol. The average molecular weight is 334 g/mol. The molecule has 0 aliphatic carbocycles. The van der Waals surface area contributed by atoms with Gasteiger partial charge in [-0.25, -0.2) is 4.98 Å². The smallest absolute Gasteiger partial charge is 0.270 e. The molecule has 2 rings (SSSR count). The molecule has 124 valence electrons. The number of hydrogen-bond acceptors (Lipinski definition) is 5. The van der Waals surface area contributed by atoms with E-state index in [9.17, 15) is 9.90 Å². The minimum absolute atomic E-state index is 0.223. The second-order valence-electron chi connectivity index (χ2n) is 5.35. The number of ether oxygens (including phenoxy) is 1. The van der Waals surface area contributed by atoms with Gasteiger partial charge in [0.15, 0.2) is 0 Å². The predicted octanol–water partition coefficient (Wildman–Crippen LogP) is 3.10. The molecule has 1 aromatic heterocycles. The molecule has 2 N–H and O–H groups in total. The Morgan fingerprint density at radius 2 is 2.04 bits per heavy atom. The largest absolute Gasteiger partial charge is 0.496 e. The minimum atomic E-state index is -0.864. The summed E-state index contributed by atoms with van der Waals surface area (Å²) in [6, 6.07) is 7.56. The Hall–Kier alpha value is -1.92. The van der Waals surface area contributed by atoms with Crippen LogP contribution in [0.1, 0.15) is 37.2 Å². The van der Waals surface area contributed by atoms with E-state index in [0.29, 0.717) is 18.5 Å². The molecular formula is C17H22N2O3S. The van der Waals surface area contributed by atoms with Crippen LogP contribution < -0.4 is 10.1 Å². The van der Waals surface area contributed by atoms with Crippen molar-refractivity contribution in [3.63, 3.8) is 0 Å². The van der Waals surface area contributed by atoms with Crippen LogP contribution in [0.2, 0.25) is 0 Å². The maximum atomic E-state index is 12.2. The number of para-hydroxylation sites is 1. The summed E-state index contributed by atoms with van der Waals surface area (Å²) in [7, 11) is 1.61. The van der Waals surface area contributed by atoms with Crippen LogP contribution >= 0.6 is 11.3 Å². The van der Waals surface area contributed by atoms with Gasteiger partial charge >= 0.3 is 0 Å². The normalized spacial score (nSPS) is 11.3. The molecule has 0 saturated carbocycles. The van der Waals surface area contributed by atoms with Gasteiger partial charge in [-0.05, 0) is 25.0 Å². The molecule has 0 radical (unpaired) electrons. The number of amides is 1. The average Bonchev–Trinajstić information content (AvgIpc) is 3.09. The van der Waals surface area contributed by atoms with Crippen molar-refractivity contribution in [2.24, 2.45) is 0 Å². The summed E-state index contributed by atoms with van der Waals surface area (Å²) in [5.74, 6) is 0.447. The van der Waals surface area contributed by atoms with Gasteiger partial charge in [0, 0.05) is 11.9 Å². The van der Waals surface area contributed by atoms with Crippen molar-refractivity contribution in [2.75, 3.05) is 13.7 Å². The standard InChI is InChI=1S/C17H22N2O3S/c1-4-17(21,5-2)11-18-15(20)13-10-23-16(19-13)12-8-6-7-9-14(12)22-3/h6-10,21H,4-5,11H2,1-3H3,(H,18,20). The molecule has 0 aliphatic rings. The molecule has 1 aromatic carbocycles. The van der Waals surface area contributed by atoms with Crippen LogP contribution in [0.4, 0.5) is 0 Å². The summed E-state index contributed by atoms with van der Waals surface area (Å²) in [4.78, 5) is 16.6. The molecule has 6 heteroatoms. The van der Waals surface area contributed by atoms with E-state index >= 15 is 0 Å². The number of thiazole rings is 1. The van der Waals surface area contributed by atoms with E-state index in [0.717, 1.165) is 16.3 Å². The fourth-order valence-electron chi connectivity index (χ4n) is 2.16. The number of rotatable bonds is 7. The van der Waals surface area contributed by atoms with Gasteiger partial charge in [0.25, 0.3) is 5.91 Å². The van der Waals surface area contributed by atoms with Gasteiger partial charge < -0.3 is 15.2 Å². The van der Waals surface area contributed by atoms with E-state index in [1.165, 1.54) is 11.3 Å². The van der Waals surface area contributed by atoms with Crippen LogP contribution in [-0.2, 0) is 0 Å². The molecule has 0 spiro atoms. The molecule has 1 amide bonds.